The van der Waals surface area contributed by atoms with Gasteiger partial charge in [-0.3, -0.25) is 9.78 Å². The molecule has 0 unspecified atom stereocenters. The van der Waals surface area contributed by atoms with Crippen LogP contribution in [0.4, 0.5) is 22.7 Å². The molecule has 1 amide bonds. The summed E-state index contributed by atoms with van der Waals surface area (Å²) >= 11 is 0. The maximum absolute atomic E-state index is 11.1. The zero-order valence-electron chi connectivity index (χ0n) is 14.0. The van der Waals surface area contributed by atoms with Crippen LogP contribution in [-0.4, -0.2) is 25.0 Å². The third kappa shape index (κ3) is 3.46. The fraction of sp³-hybridized carbons (Fsp3) is 0.158. The summed E-state index contributed by atoms with van der Waals surface area (Å²) in [6.45, 7) is 1.50. The van der Waals surface area contributed by atoms with Gasteiger partial charge in [0, 0.05) is 55.4 Å². The summed E-state index contributed by atoms with van der Waals surface area (Å²) in [6.07, 6.45) is 1.80. The van der Waals surface area contributed by atoms with Crippen LogP contribution in [0.2, 0.25) is 0 Å². The minimum absolute atomic E-state index is 0.0768. The van der Waals surface area contributed by atoms with Crippen molar-refractivity contribution in [3.63, 3.8) is 0 Å². The summed E-state index contributed by atoms with van der Waals surface area (Å²) in [5.74, 6) is -0.0768. The highest BCUT2D eigenvalue weighted by molar-refractivity contribution is 5.95. The van der Waals surface area contributed by atoms with E-state index in [0.717, 1.165) is 33.7 Å². The number of fused-ring (bicyclic) bond motifs is 1. The van der Waals surface area contributed by atoms with Gasteiger partial charge in [0.2, 0.25) is 5.91 Å². The molecule has 3 rings (SSSR count). The predicted octanol–water partition coefficient (Wildman–Crippen LogP) is 4.00. The van der Waals surface area contributed by atoms with E-state index in [1.165, 1.54) is 6.92 Å². The third-order valence-electron chi connectivity index (χ3n) is 3.73. The first-order chi connectivity index (χ1) is 11.5. The Morgan fingerprint density at radius 1 is 1.00 bits per heavy atom. The lowest BCUT2D eigenvalue weighted by Crippen LogP contribution is -2.08. The van der Waals surface area contributed by atoms with Crippen LogP contribution >= 0.6 is 0 Å². The van der Waals surface area contributed by atoms with Gasteiger partial charge in [-0.05, 0) is 48.5 Å². The fourth-order valence-electron chi connectivity index (χ4n) is 2.52. The van der Waals surface area contributed by atoms with E-state index < -0.39 is 0 Å². The van der Waals surface area contributed by atoms with Crippen molar-refractivity contribution in [2.45, 2.75) is 6.92 Å². The van der Waals surface area contributed by atoms with Crippen LogP contribution in [0.15, 0.2) is 54.7 Å². The van der Waals surface area contributed by atoms with Gasteiger partial charge in [0.05, 0.1) is 5.52 Å². The summed E-state index contributed by atoms with van der Waals surface area (Å²) in [5.41, 5.74) is 4.80. The van der Waals surface area contributed by atoms with Gasteiger partial charge in [-0.25, -0.2) is 0 Å². The second-order valence-corrected chi connectivity index (χ2v) is 5.84. The molecule has 0 saturated carbocycles. The number of rotatable bonds is 4. The molecule has 0 aliphatic heterocycles. The smallest absolute Gasteiger partial charge is 0.221 e. The van der Waals surface area contributed by atoms with Crippen molar-refractivity contribution in [3.8, 4) is 0 Å². The molecule has 0 aliphatic rings. The van der Waals surface area contributed by atoms with Gasteiger partial charge in [-0.1, -0.05) is 0 Å². The van der Waals surface area contributed by atoms with E-state index in [9.17, 15) is 4.79 Å². The Kier molecular flexibility index (Phi) is 4.33. The van der Waals surface area contributed by atoms with Crippen LogP contribution in [0.5, 0.6) is 0 Å². The molecule has 2 N–H and O–H groups in total. The molecule has 0 saturated heterocycles. The number of carbonyl (C=O) groups excluding carboxylic acids is 1. The Balaban J connectivity index is 1.91. The first-order valence-corrected chi connectivity index (χ1v) is 7.74. The van der Waals surface area contributed by atoms with Crippen molar-refractivity contribution in [3.05, 3.63) is 54.7 Å². The Hall–Kier alpha value is -3.08. The fourth-order valence-corrected chi connectivity index (χ4v) is 2.52. The van der Waals surface area contributed by atoms with Gasteiger partial charge in [0.1, 0.15) is 0 Å². The van der Waals surface area contributed by atoms with Crippen LogP contribution in [0, 0.1) is 0 Å². The standard InChI is InChI=1S/C19H20N4O/c1-13(24)21-14-4-6-15(7-5-14)22-19-10-11-20-18-9-8-16(23(2)3)12-17(18)19/h4-12H,1-3H3,(H,20,22)(H,21,24). The average molecular weight is 320 g/mol. The molecule has 1 aromatic heterocycles. The molecule has 24 heavy (non-hydrogen) atoms. The van der Waals surface area contributed by atoms with Crippen LogP contribution in [0.25, 0.3) is 10.9 Å². The monoisotopic (exact) mass is 320 g/mol. The Morgan fingerprint density at radius 2 is 1.71 bits per heavy atom. The molecule has 5 heteroatoms. The maximum Gasteiger partial charge on any atom is 0.221 e. The highest BCUT2D eigenvalue weighted by Crippen LogP contribution is 2.28. The number of amides is 1. The topological polar surface area (TPSA) is 57.3 Å². The van der Waals surface area contributed by atoms with E-state index in [2.05, 4.69) is 32.7 Å². The molecule has 3 aromatic rings. The van der Waals surface area contributed by atoms with Crippen LogP contribution < -0.4 is 15.5 Å². The van der Waals surface area contributed by atoms with Crippen LogP contribution in [0.3, 0.4) is 0 Å². The third-order valence-corrected chi connectivity index (χ3v) is 3.73. The molecule has 0 aliphatic carbocycles. The second kappa shape index (κ2) is 6.58. The quantitative estimate of drug-likeness (QED) is 0.763. The molecule has 0 spiro atoms. The molecular formula is C19H20N4O. The molecule has 2 aromatic carbocycles. The highest BCUT2D eigenvalue weighted by Gasteiger charge is 2.05. The van der Waals surface area contributed by atoms with Crippen molar-refractivity contribution in [2.75, 3.05) is 29.6 Å². The number of benzene rings is 2. The van der Waals surface area contributed by atoms with Gasteiger partial charge in [0.15, 0.2) is 0 Å². The van der Waals surface area contributed by atoms with Crippen molar-refractivity contribution >= 4 is 39.6 Å². The Bertz CT molecular complexity index is 872. The van der Waals surface area contributed by atoms with Crippen LogP contribution in [0.1, 0.15) is 6.92 Å². The Labute approximate surface area is 141 Å². The van der Waals surface area contributed by atoms with Gasteiger partial charge in [-0.2, -0.15) is 0 Å². The number of nitrogens with one attached hydrogen (secondary N) is 2. The normalized spacial score (nSPS) is 10.5. The molecule has 5 nitrogen and oxygen atoms in total. The number of hydrogen-bond donors (Lipinski definition) is 2. The molecule has 0 radical (unpaired) electrons. The van der Waals surface area contributed by atoms with Crippen molar-refractivity contribution < 1.29 is 4.79 Å². The molecule has 0 fully saturated rings. The lowest BCUT2D eigenvalue weighted by Gasteiger charge is -2.15. The lowest BCUT2D eigenvalue weighted by atomic mass is 10.1. The van der Waals surface area contributed by atoms with E-state index in [1.54, 1.807) is 6.20 Å². The van der Waals surface area contributed by atoms with Crippen molar-refractivity contribution in [2.24, 2.45) is 0 Å². The number of anilines is 4. The second-order valence-electron chi connectivity index (χ2n) is 5.84. The molecule has 1 heterocycles. The summed E-state index contributed by atoms with van der Waals surface area (Å²) in [4.78, 5) is 17.6. The van der Waals surface area contributed by atoms with E-state index in [1.807, 2.05) is 50.5 Å². The summed E-state index contributed by atoms with van der Waals surface area (Å²) in [7, 11) is 4.04. The van der Waals surface area contributed by atoms with Crippen molar-refractivity contribution in [1.82, 2.24) is 4.98 Å². The van der Waals surface area contributed by atoms with E-state index >= 15 is 0 Å². The van der Waals surface area contributed by atoms with E-state index in [4.69, 9.17) is 0 Å². The predicted molar refractivity (Wildman–Crippen MR) is 100 cm³/mol. The number of aromatic nitrogens is 1. The van der Waals surface area contributed by atoms with E-state index in [-0.39, 0.29) is 5.91 Å². The first kappa shape index (κ1) is 15.8. The highest BCUT2D eigenvalue weighted by atomic mass is 16.1. The number of hydrogen-bond acceptors (Lipinski definition) is 4. The number of nitrogens with zero attached hydrogens (tertiary/aromatic N) is 2. The summed E-state index contributed by atoms with van der Waals surface area (Å²) in [5, 5.41) is 7.25. The zero-order valence-corrected chi connectivity index (χ0v) is 14.0. The zero-order chi connectivity index (χ0) is 17.1. The first-order valence-electron chi connectivity index (χ1n) is 7.74. The van der Waals surface area contributed by atoms with Crippen molar-refractivity contribution in [1.29, 1.82) is 0 Å². The van der Waals surface area contributed by atoms with Gasteiger partial charge in [0.25, 0.3) is 0 Å². The molecule has 122 valence electrons. The molecule has 0 atom stereocenters. The lowest BCUT2D eigenvalue weighted by molar-refractivity contribution is -0.114. The summed E-state index contributed by atoms with van der Waals surface area (Å²) < 4.78 is 0. The minimum Gasteiger partial charge on any atom is -0.378 e. The minimum atomic E-state index is -0.0768. The molecule has 0 bridgehead atoms. The van der Waals surface area contributed by atoms with Gasteiger partial charge in [-0.15, -0.1) is 0 Å². The van der Waals surface area contributed by atoms with Gasteiger partial charge >= 0.3 is 0 Å². The van der Waals surface area contributed by atoms with E-state index in [0.29, 0.717) is 0 Å². The SMILES string of the molecule is CC(=O)Nc1ccc(Nc2ccnc3ccc(N(C)C)cc23)cc1. The Morgan fingerprint density at radius 3 is 2.38 bits per heavy atom. The summed E-state index contributed by atoms with van der Waals surface area (Å²) in [6, 6.07) is 15.8. The number of pyridine rings is 1. The maximum atomic E-state index is 11.1. The van der Waals surface area contributed by atoms with Crippen LogP contribution in [-0.2, 0) is 4.79 Å². The largest absolute Gasteiger partial charge is 0.378 e. The number of carbonyl (C=O) groups is 1. The average Bonchev–Trinajstić information content (AvgIpc) is 2.56. The van der Waals surface area contributed by atoms with Gasteiger partial charge < -0.3 is 15.5 Å². The molecular weight excluding hydrogens is 300 g/mol.